The summed E-state index contributed by atoms with van der Waals surface area (Å²) in [7, 11) is 0. The smallest absolute Gasteiger partial charge is 0.0855 e. The topological polar surface area (TPSA) is 24.5 Å². The van der Waals surface area contributed by atoms with Gasteiger partial charge in [-0.1, -0.05) is 26.2 Å². The molecule has 0 spiro atoms. The minimum absolute atomic E-state index is 0.432. The minimum atomic E-state index is 0.432. The van der Waals surface area contributed by atoms with Gasteiger partial charge in [-0.2, -0.15) is 0 Å². The maximum absolute atomic E-state index is 6.22. The molecule has 2 aliphatic heterocycles. The van der Waals surface area contributed by atoms with Crippen molar-refractivity contribution in [3.8, 4) is 0 Å². The molecule has 0 aromatic carbocycles. The van der Waals surface area contributed by atoms with E-state index < -0.39 is 0 Å². The molecule has 3 heteroatoms. The number of fused-ring (bicyclic) bond motifs is 1. The Morgan fingerprint density at radius 3 is 2.89 bits per heavy atom. The SMILES string of the molecule is CCCNC(CC1CCC1)C1CN2CCCC2CO1. The number of ether oxygens (including phenoxy) is 1. The first kappa shape index (κ1) is 13.8. The van der Waals surface area contributed by atoms with Crippen LogP contribution in [-0.4, -0.2) is 49.3 Å². The summed E-state index contributed by atoms with van der Waals surface area (Å²) in [5.74, 6) is 0.967. The van der Waals surface area contributed by atoms with E-state index in [2.05, 4.69) is 17.1 Å². The van der Waals surface area contributed by atoms with Crippen molar-refractivity contribution < 1.29 is 4.74 Å². The molecule has 3 nitrogen and oxygen atoms in total. The van der Waals surface area contributed by atoms with Crippen LogP contribution in [-0.2, 0) is 4.74 Å². The van der Waals surface area contributed by atoms with E-state index in [1.54, 1.807) is 0 Å². The average Bonchev–Trinajstić information content (AvgIpc) is 2.84. The predicted molar refractivity (Wildman–Crippen MR) is 78.4 cm³/mol. The van der Waals surface area contributed by atoms with Crippen molar-refractivity contribution in [3.05, 3.63) is 0 Å². The van der Waals surface area contributed by atoms with Crippen molar-refractivity contribution in [1.29, 1.82) is 0 Å². The molecule has 1 N–H and O–H groups in total. The fourth-order valence-electron chi connectivity index (χ4n) is 3.87. The monoisotopic (exact) mass is 266 g/mol. The lowest BCUT2D eigenvalue weighted by molar-refractivity contribution is -0.0690. The van der Waals surface area contributed by atoms with Crippen LogP contribution in [0.2, 0.25) is 0 Å². The summed E-state index contributed by atoms with van der Waals surface area (Å²) in [5, 5.41) is 3.77. The molecule has 0 bridgehead atoms. The summed E-state index contributed by atoms with van der Waals surface area (Å²) in [6.45, 7) is 6.83. The second-order valence-electron chi connectivity index (χ2n) is 6.76. The quantitative estimate of drug-likeness (QED) is 0.799. The van der Waals surface area contributed by atoms with Gasteiger partial charge >= 0.3 is 0 Å². The highest BCUT2D eigenvalue weighted by Gasteiger charge is 2.36. The molecule has 3 unspecified atom stereocenters. The van der Waals surface area contributed by atoms with Crippen molar-refractivity contribution >= 4 is 0 Å². The Morgan fingerprint density at radius 2 is 2.16 bits per heavy atom. The fourth-order valence-corrected chi connectivity index (χ4v) is 3.87. The van der Waals surface area contributed by atoms with Gasteiger partial charge in [-0.3, -0.25) is 4.90 Å². The first-order valence-corrected chi connectivity index (χ1v) is 8.46. The highest BCUT2D eigenvalue weighted by Crippen LogP contribution is 2.33. The van der Waals surface area contributed by atoms with Crippen LogP contribution in [0.25, 0.3) is 0 Å². The van der Waals surface area contributed by atoms with Gasteiger partial charge in [0.1, 0.15) is 0 Å². The molecule has 0 aromatic rings. The zero-order valence-corrected chi connectivity index (χ0v) is 12.4. The number of nitrogens with zero attached hydrogens (tertiary/aromatic N) is 1. The van der Waals surface area contributed by atoms with Gasteiger partial charge in [0.25, 0.3) is 0 Å². The number of rotatable bonds is 6. The second kappa shape index (κ2) is 6.55. The molecule has 3 aliphatic rings. The van der Waals surface area contributed by atoms with Gasteiger partial charge in [0.05, 0.1) is 12.7 Å². The molecule has 3 fully saturated rings. The molecule has 2 heterocycles. The molecule has 2 saturated heterocycles. The van der Waals surface area contributed by atoms with Crippen molar-refractivity contribution in [2.75, 3.05) is 26.2 Å². The van der Waals surface area contributed by atoms with E-state index in [4.69, 9.17) is 4.74 Å². The Kier molecular flexibility index (Phi) is 4.78. The molecule has 110 valence electrons. The summed E-state index contributed by atoms with van der Waals surface area (Å²) in [5.41, 5.74) is 0. The summed E-state index contributed by atoms with van der Waals surface area (Å²) in [6, 6.07) is 1.32. The third kappa shape index (κ3) is 3.32. The highest BCUT2D eigenvalue weighted by atomic mass is 16.5. The predicted octanol–water partition coefficient (Wildman–Crippen LogP) is 2.41. The standard InChI is InChI=1S/C16H30N2O/c1-2-8-17-15(10-13-5-3-6-13)16-11-18-9-4-7-14(18)12-19-16/h13-17H,2-12H2,1H3. The maximum atomic E-state index is 6.22. The highest BCUT2D eigenvalue weighted by molar-refractivity contribution is 4.91. The summed E-state index contributed by atoms with van der Waals surface area (Å²) in [6.07, 6.45) is 10.1. The molecule has 0 radical (unpaired) electrons. The van der Waals surface area contributed by atoms with E-state index in [9.17, 15) is 0 Å². The molecule has 19 heavy (non-hydrogen) atoms. The van der Waals surface area contributed by atoms with Gasteiger partial charge in [0.2, 0.25) is 0 Å². The zero-order valence-electron chi connectivity index (χ0n) is 12.4. The lowest BCUT2D eigenvalue weighted by Gasteiger charge is -2.41. The van der Waals surface area contributed by atoms with E-state index in [0.29, 0.717) is 12.1 Å². The Labute approximate surface area is 118 Å². The van der Waals surface area contributed by atoms with Crippen LogP contribution in [0.4, 0.5) is 0 Å². The summed E-state index contributed by atoms with van der Waals surface area (Å²) >= 11 is 0. The lowest BCUT2D eigenvalue weighted by Crippen LogP contribution is -2.55. The third-order valence-corrected chi connectivity index (χ3v) is 5.33. The number of hydrogen-bond donors (Lipinski definition) is 1. The maximum Gasteiger partial charge on any atom is 0.0855 e. The molecule has 0 aromatic heterocycles. The largest absolute Gasteiger partial charge is 0.374 e. The van der Waals surface area contributed by atoms with Crippen LogP contribution < -0.4 is 5.32 Å². The van der Waals surface area contributed by atoms with Crippen LogP contribution >= 0.6 is 0 Å². The van der Waals surface area contributed by atoms with Crippen LogP contribution in [0.3, 0.4) is 0 Å². The Balaban J connectivity index is 1.54. The van der Waals surface area contributed by atoms with Gasteiger partial charge in [-0.05, 0) is 44.7 Å². The number of hydrogen-bond acceptors (Lipinski definition) is 3. The van der Waals surface area contributed by atoms with Crippen LogP contribution in [0.5, 0.6) is 0 Å². The fraction of sp³-hybridized carbons (Fsp3) is 1.00. The third-order valence-electron chi connectivity index (χ3n) is 5.33. The minimum Gasteiger partial charge on any atom is -0.374 e. The Hall–Kier alpha value is -0.120. The van der Waals surface area contributed by atoms with Crippen LogP contribution in [0.1, 0.15) is 51.9 Å². The second-order valence-corrected chi connectivity index (χ2v) is 6.76. The van der Waals surface area contributed by atoms with Gasteiger partial charge in [0, 0.05) is 18.6 Å². The normalized spacial score (nSPS) is 33.9. The van der Waals surface area contributed by atoms with Crippen LogP contribution in [0.15, 0.2) is 0 Å². The van der Waals surface area contributed by atoms with E-state index in [-0.39, 0.29) is 0 Å². The van der Waals surface area contributed by atoms with Crippen molar-refractivity contribution in [1.82, 2.24) is 10.2 Å². The van der Waals surface area contributed by atoms with Crippen molar-refractivity contribution in [3.63, 3.8) is 0 Å². The Bertz CT molecular complexity index is 280. The summed E-state index contributed by atoms with van der Waals surface area (Å²) in [4.78, 5) is 2.68. The van der Waals surface area contributed by atoms with E-state index >= 15 is 0 Å². The zero-order chi connectivity index (χ0) is 13.1. The van der Waals surface area contributed by atoms with E-state index in [1.807, 2.05) is 0 Å². The van der Waals surface area contributed by atoms with Crippen LogP contribution in [0, 0.1) is 5.92 Å². The van der Waals surface area contributed by atoms with E-state index in [1.165, 1.54) is 58.0 Å². The number of nitrogens with one attached hydrogen (secondary N) is 1. The van der Waals surface area contributed by atoms with E-state index in [0.717, 1.165) is 25.1 Å². The molecule has 1 aliphatic carbocycles. The number of morpholine rings is 1. The molecular formula is C16H30N2O. The molecule has 3 atom stereocenters. The molecule has 3 rings (SSSR count). The molecule has 0 amide bonds. The van der Waals surface area contributed by atoms with Gasteiger partial charge in [0.15, 0.2) is 0 Å². The first-order valence-electron chi connectivity index (χ1n) is 8.46. The van der Waals surface area contributed by atoms with Crippen molar-refractivity contribution in [2.24, 2.45) is 5.92 Å². The van der Waals surface area contributed by atoms with Gasteiger partial charge < -0.3 is 10.1 Å². The molecule has 1 saturated carbocycles. The average molecular weight is 266 g/mol. The lowest BCUT2D eigenvalue weighted by atomic mass is 9.79. The van der Waals surface area contributed by atoms with Gasteiger partial charge in [-0.25, -0.2) is 0 Å². The Morgan fingerprint density at radius 1 is 1.26 bits per heavy atom. The first-order chi connectivity index (χ1) is 9.36. The van der Waals surface area contributed by atoms with Crippen molar-refractivity contribution in [2.45, 2.75) is 70.1 Å². The van der Waals surface area contributed by atoms with Gasteiger partial charge in [-0.15, -0.1) is 0 Å². The molecular weight excluding hydrogens is 236 g/mol. The summed E-state index contributed by atoms with van der Waals surface area (Å²) < 4.78 is 6.22.